The highest BCUT2D eigenvalue weighted by Gasteiger charge is 2.25. The molecule has 0 aliphatic heterocycles. The SMILES string of the molecule is Cc1cc(Nc2nc(NC3CCC(CC(=O)c4ccno4)CC3)cnc2C(N)=O)sn1. The van der Waals surface area contributed by atoms with Gasteiger partial charge in [0.15, 0.2) is 11.5 Å². The summed E-state index contributed by atoms with van der Waals surface area (Å²) in [6.07, 6.45) is 7.14. The number of Topliss-reactive ketones (excluding diaryl/α,β-unsaturated/α-hetero) is 1. The maximum atomic E-state index is 12.2. The Labute approximate surface area is 182 Å². The van der Waals surface area contributed by atoms with Crippen molar-refractivity contribution in [1.29, 1.82) is 0 Å². The van der Waals surface area contributed by atoms with Crippen molar-refractivity contribution in [2.75, 3.05) is 10.6 Å². The van der Waals surface area contributed by atoms with Crippen molar-refractivity contribution in [3.05, 3.63) is 41.7 Å². The second kappa shape index (κ2) is 9.21. The smallest absolute Gasteiger partial charge is 0.271 e. The Morgan fingerprint density at radius 1 is 1.29 bits per heavy atom. The lowest BCUT2D eigenvalue weighted by Gasteiger charge is -2.29. The number of nitrogens with one attached hydrogen (secondary N) is 2. The molecule has 31 heavy (non-hydrogen) atoms. The number of aromatic nitrogens is 4. The predicted octanol–water partition coefficient (Wildman–Crippen LogP) is 3.32. The van der Waals surface area contributed by atoms with Gasteiger partial charge in [0, 0.05) is 18.5 Å². The van der Waals surface area contributed by atoms with Gasteiger partial charge in [-0.15, -0.1) is 0 Å². The number of hydrogen-bond acceptors (Lipinski definition) is 10. The molecule has 0 bridgehead atoms. The summed E-state index contributed by atoms with van der Waals surface area (Å²) < 4.78 is 9.16. The molecule has 3 aromatic heterocycles. The minimum Gasteiger partial charge on any atom is -0.366 e. The fourth-order valence-electron chi connectivity index (χ4n) is 3.71. The Morgan fingerprint density at radius 3 is 2.74 bits per heavy atom. The first-order chi connectivity index (χ1) is 15.0. The molecule has 1 fully saturated rings. The molecular weight excluding hydrogens is 418 g/mol. The zero-order valence-corrected chi connectivity index (χ0v) is 17.8. The van der Waals surface area contributed by atoms with Crippen LogP contribution in [-0.2, 0) is 0 Å². The largest absolute Gasteiger partial charge is 0.366 e. The van der Waals surface area contributed by atoms with Crippen LogP contribution in [0.2, 0.25) is 0 Å². The summed E-state index contributed by atoms with van der Waals surface area (Å²) in [5.41, 5.74) is 6.39. The monoisotopic (exact) mass is 441 g/mol. The Hall–Kier alpha value is -3.34. The van der Waals surface area contributed by atoms with Crippen LogP contribution < -0.4 is 16.4 Å². The lowest BCUT2D eigenvalue weighted by molar-refractivity contribution is 0.0911. The molecule has 0 radical (unpaired) electrons. The van der Waals surface area contributed by atoms with Crippen LogP contribution in [0.25, 0.3) is 0 Å². The van der Waals surface area contributed by atoms with Crippen LogP contribution in [0.1, 0.15) is 58.8 Å². The maximum Gasteiger partial charge on any atom is 0.271 e. The average Bonchev–Trinajstić information content (AvgIpc) is 3.41. The van der Waals surface area contributed by atoms with Gasteiger partial charge in [0.2, 0.25) is 11.5 Å². The summed E-state index contributed by atoms with van der Waals surface area (Å²) >= 11 is 1.27. The molecule has 162 valence electrons. The first kappa shape index (κ1) is 20.9. The summed E-state index contributed by atoms with van der Waals surface area (Å²) in [4.78, 5) is 32.6. The van der Waals surface area contributed by atoms with E-state index in [1.807, 2.05) is 13.0 Å². The Morgan fingerprint density at radius 2 is 2.10 bits per heavy atom. The summed E-state index contributed by atoms with van der Waals surface area (Å²) in [6.45, 7) is 1.88. The lowest BCUT2D eigenvalue weighted by Crippen LogP contribution is -2.28. The molecule has 3 aromatic rings. The van der Waals surface area contributed by atoms with E-state index in [1.54, 1.807) is 6.07 Å². The maximum absolute atomic E-state index is 12.2. The van der Waals surface area contributed by atoms with E-state index < -0.39 is 5.91 Å². The Bertz CT molecular complexity index is 1060. The number of nitrogens with zero attached hydrogens (tertiary/aromatic N) is 4. The van der Waals surface area contributed by atoms with Gasteiger partial charge < -0.3 is 20.9 Å². The Balaban J connectivity index is 1.36. The molecule has 0 saturated heterocycles. The number of amides is 1. The summed E-state index contributed by atoms with van der Waals surface area (Å²) in [5.74, 6) is 0.852. The first-order valence-corrected chi connectivity index (χ1v) is 10.8. The molecule has 0 spiro atoms. The summed E-state index contributed by atoms with van der Waals surface area (Å²) in [6, 6.07) is 3.67. The van der Waals surface area contributed by atoms with E-state index in [0.717, 1.165) is 36.4 Å². The molecule has 1 saturated carbocycles. The quantitative estimate of drug-likeness (QED) is 0.447. The zero-order valence-electron chi connectivity index (χ0n) is 17.0. The Kier molecular flexibility index (Phi) is 6.21. The number of aryl methyl sites for hydroxylation is 1. The van der Waals surface area contributed by atoms with Gasteiger partial charge >= 0.3 is 0 Å². The van der Waals surface area contributed by atoms with E-state index in [0.29, 0.717) is 29.7 Å². The van der Waals surface area contributed by atoms with Crippen molar-refractivity contribution in [3.63, 3.8) is 0 Å². The molecule has 1 aliphatic rings. The number of carbonyl (C=O) groups is 2. The van der Waals surface area contributed by atoms with Crippen molar-refractivity contribution >= 4 is 39.9 Å². The van der Waals surface area contributed by atoms with Gasteiger partial charge in [-0.1, -0.05) is 5.16 Å². The van der Waals surface area contributed by atoms with Crippen LogP contribution >= 0.6 is 11.5 Å². The third-order valence-corrected chi connectivity index (χ3v) is 6.06. The van der Waals surface area contributed by atoms with Crippen LogP contribution in [0.15, 0.2) is 29.0 Å². The number of ketones is 1. The average molecular weight is 442 g/mol. The van der Waals surface area contributed by atoms with Crippen molar-refractivity contribution < 1.29 is 14.1 Å². The van der Waals surface area contributed by atoms with Crippen molar-refractivity contribution in [2.45, 2.75) is 45.1 Å². The number of nitrogens with two attached hydrogens (primary N) is 1. The molecule has 3 heterocycles. The first-order valence-electron chi connectivity index (χ1n) is 10.1. The second-order valence-corrected chi connectivity index (χ2v) is 8.45. The lowest BCUT2D eigenvalue weighted by atomic mass is 9.83. The summed E-state index contributed by atoms with van der Waals surface area (Å²) in [5, 5.41) is 10.8. The van der Waals surface area contributed by atoms with Crippen LogP contribution in [0.5, 0.6) is 0 Å². The topological polar surface area (TPSA) is 149 Å². The summed E-state index contributed by atoms with van der Waals surface area (Å²) in [7, 11) is 0. The van der Waals surface area contributed by atoms with Crippen LogP contribution in [0.3, 0.4) is 0 Å². The van der Waals surface area contributed by atoms with Crippen LogP contribution in [0, 0.1) is 12.8 Å². The fraction of sp³-hybridized carbons (Fsp3) is 0.400. The van der Waals surface area contributed by atoms with Crippen molar-refractivity contribution in [2.24, 2.45) is 11.7 Å². The van der Waals surface area contributed by atoms with Gasteiger partial charge in [-0.25, -0.2) is 9.97 Å². The standard InChI is InChI=1S/C20H23N7O3S/c1-11-8-17(31-27-11)26-20-18(19(21)29)22-10-16(25-20)24-13-4-2-12(3-5-13)9-14(28)15-6-7-23-30-15/h6-8,10,12-13H,2-5,9H2,1H3,(H2,21,29)(H2,24,25,26). The van der Waals surface area contributed by atoms with E-state index in [1.165, 1.54) is 23.9 Å². The number of rotatable bonds is 8. The molecule has 4 rings (SSSR count). The molecule has 4 N–H and O–H groups in total. The molecule has 11 heteroatoms. The molecule has 1 amide bonds. The van der Waals surface area contributed by atoms with E-state index in [9.17, 15) is 9.59 Å². The normalized spacial score (nSPS) is 18.5. The third kappa shape index (κ3) is 5.23. The molecule has 0 atom stereocenters. The fourth-order valence-corrected chi connectivity index (χ4v) is 4.37. The minimum atomic E-state index is -0.653. The molecule has 10 nitrogen and oxygen atoms in total. The van der Waals surface area contributed by atoms with Crippen LogP contribution in [-0.4, -0.2) is 37.2 Å². The van der Waals surface area contributed by atoms with Gasteiger partial charge in [-0.3, -0.25) is 9.59 Å². The molecule has 0 unspecified atom stereocenters. The molecular formula is C20H23N7O3S. The van der Waals surface area contributed by atoms with Gasteiger partial charge in [-0.05, 0) is 56.1 Å². The van der Waals surface area contributed by atoms with Gasteiger partial charge in [0.05, 0.1) is 18.1 Å². The number of anilines is 3. The van der Waals surface area contributed by atoms with Gasteiger partial charge in [-0.2, -0.15) is 4.37 Å². The molecule has 1 aliphatic carbocycles. The second-order valence-electron chi connectivity index (χ2n) is 7.64. The van der Waals surface area contributed by atoms with E-state index >= 15 is 0 Å². The highest BCUT2D eigenvalue weighted by molar-refractivity contribution is 7.10. The van der Waals surface area contributed by atoms with Gasteiger partial charge in [0.25, 0.3) is 5.91 Å². The van der Waals surface area contributed by atoms with Gasteiger partial charge in [0.1, 0.15) is 10.8 Å². The van der Waals surface area contributed by atoms with Crippen molar-refractivity contribution in [1.82, 2.24) is 19.5 Å². The highest BCUT2D eigenvalue weighted by Crippen LogP contribution is 2.30. The zero-order chi connectivity index (χ0) is 21.8. The van der Waals surface area contributed by atoms with E-state index in [-0.39, 0.29) is 17.5 Å². The molecule has 0 aromatic carbocycles. The minimum absolute atomic E-state index is 0.00386. The predicted molar refractivity (Wildman–Crippen MR) is 116 cm³/mol. The number of carbonyl (C=O) groups excluding carboxylic acids is 2. The van der Waals surface area contributed by atoms with Crippen LogP contribution in [0.4, 0.5) is 16.6 Å². The van der Waals surface area contributed by atoms with E-state index in [2.05, 4.69) is 30.1 Å². The van der Waals surface area contributed by atoms with Crippen molar-refractivity contribution in [3.8, 4) is 0 Å². The third-order valence-electron chi connectivity index (χ3n) is 5.26. The van der Waals surface area contributed by atoms with E-state index in [4.69, 9.17) is 10.3 Å². The highest BCUT2D eigenvalue weighted by atomic mass is 32.1. The number of hydrogen-bond donors (Lipinski definition) is 3. The number of primary amides is 1.